The minimum absolute atomic E-state index is 0.0654. The Labute approximate surface area is 118 Å². The summed E-state index contributed by atoms with van der Waals surface area (Å²) in [4.78, 5) is 23.0. The summed E-state index contributed by atoms with van der Waals surface area (Å²) >= 11 is 0. The Morgan fingerprint density at radius 2 is 2.00 bits per heavy atom. The number of ether oxygens (including phenoxy) is 1. The van der Waals surface area contributed by atoms with Crippen molar-refractivity contribution in [2.45, 2.75) is 20.3 Å². The summed E-state index contributed by atoms with van der Waals surface area (Å²) in [5, 5.41) is 8.17. The van der Waals surface area contributed by atoms with E-state index in [1.165, 1.54) is 0 Å². The molecular weight excluding hydrogens is 258 g/mol. The topological polar surface area (TPSA) is 79.5 Å². The van der Waals surface area contributed by atoms with Gasteiger partial charge < -0.3 is 20.7 Å². The van der Waals surface area contributed by atoms with Gasteiger partial charge in [-0.3, -0.25) is 4.79 Å². The lowest BCUT2D eigenvalue weighted by molar-refractivity contribution is -0.115. The van der Waals surface area contributed by atoms with Gasteiger partial charge in [-0.05, 0) is 24.6 Å². The molecule has 3 N–H and O–H groups in total. The molecule has 0 bridgehead atoms. The number of carbonyl (C=O) groups is 2. The third-order valence-corrected chi connectivity index (χ3v) is 2.68. The number of hydrogen-bond acceptors (Lipinski definition) is 3. The largest absolute Gasteiger partial charge is 0.383 e. The Balaban J connectivity index is 2.66. The van der Waals surface area contributed by atoms with Crippen molar-refractivity contribution in [3.05, 3.63) is 23.8 Å². The van der Waals surface area contributed by atoms with E-state index in [4.69, 9.17) is 4.74 Å². The molecule has 0 aliphatic heterocycles. The van der Waals surface area contributed by atoms with Crippen LogP contribution < -0.4 is 16.0 Å². The van der Waals surface area contributed by atoms with Crippen LogP contribution in [0.15, 0.2) is 18.2 Å². The van der Waals surface area contributed by atoms with Gasteiger partial charge in [0.05, 0.1) is 6.61 Å². The summed E-state index contributed by atoms with van der Waals surface area (Å²) in [5.74, 6) is -0.0654. The highest BCUT2D eigenvalue weighted by molar-refractivity contribution is 5.94. The summed E-state index contributed by atoms with van der Waals surface area (Å²) in [5.41, 5.74) is 2.24. The number of urea groups is 1. The van der Waals surface area contributed by atoms with E-state index < -0.39 is 0 Å². The predicted molar refractivity (Wildman–Crippen MR) is 79.0 cm³/mol. The zero-order chi connectivity index (χ0) is 15.0. The molecule has 3 amide bonds. The summed E-state index contributed by atoms with van der Waals surface area (Å²) in [7, 11) is 1.57. The first-order valence-corrected chi connectivity index (χ1v) is 6.51. The molecule has 0 saturated heterocycles. The van der Waals surface area contributed by atoms with Crippen molar-refractivity contribution < 1.29 is 14.3 Å². The number of nitrogens with one attached hydrogen (secondary N) is 3. The van der Waals surface area contributed by atoms with Crippen LogP contribution in [-0.4, -0.2) is 32.2 Å². The minimum Gasteiger partial charge on any atom is -0.383 e. The first kappa shape index (κ1) is 16.0. The Kier molecular flexibility index (Phi) is 6.52. The van der Waals surface area contributed by atoms with Crippen molar-refractivity contribution in [2.24, 2.45) is 0 Å². The highest BCUT2D eigenvalue weighted by Crippen LogP contribution is 2.20. The van der Waals surface area contributed by atoms with E-state index >= 15 is 0 Å². The van der Waals surface area contributed by atoms with Crippen molar-refractivity contribution >= 4 is 23.3 Å². The highest BCUT2D eigenvalue weighted by atomic mass is 16.5. The molecule has 6 nitrogen and oxygen atoms in total. The number of aryl methyl sites for hydroxylation is 1. The van der Waals surface area contributed by atoms with E-state index in [0.717, 1.165) is 5.56 Å². The lowest BCUT2D eigenvalue weighted by Gasteiger charge is -2.12. The van der Waals surface area contributed by atoms with Crippen LogP contribution in [0.5, 0.6) is 0 Å². The lowest BCUT2D eigenvalue weighted by atomic mass is 10.2. The normalized spacial score (nSPS) is 9.95. The average Bonchev–Trinajstić information content (AvgIpc) is 2.42. The molecule has 0 spiro atoms. The summed E-state index contributed by atoms with van der Waals surface area (Å²) in [6.07, 6.45) is 0.411. The van der Waals surface area contributed by atoms with Crippen molar-refractivity contribution in [1.29, 1.82) is 0 Å². The molecule has 0 aliphatic rings. The van der Waals surface area contributed by atoms with Gasteiger partial charge in [-0.25, -0.2) is 4.79 Å². The highest BCUT2D eigenvalue weighted by Gasteiger charge is 2.06. The van der Waals surface area contributed by atoms with Gasteiger partial charge in [0, 0.05) is 31.5 Å². The molecule has 0 atom stereocenters. The number of anilines is 2. The van der Waals surface area contributed by atoms with E-state index in [2.05, 4.69) is 16.0 Å². The SMILES string of the molecule is CCC(=O)Nc1ccc(C)c(NC(=O)NCCOC)c1. The molecule has 0 aromatic heterocycles. The molecular formula is C14H21N3O3. The predicted octanol–water partition coefficient (Wildman–Crippen LogP) is 2.11. The fourth-order valence-electron chi connectivity index (χ4n) is 1.52. The molecule has 1 rings (SSSR count). The standard InChI is InChI=1S/C14H21N3O3/c1-4-13(18)16-11-6-5-10(2)12(9-11)17-14(19)15-7-8-20-3/h5-6,9H,4,7-8H2,1-3H3,(H,16,18)(H2,15,17,19). The monoisotopic (exact) mass is 279 g/mol. The molecule has 0 aliphatic carbocycles. The summed E-state index contributed by atoms with van der Waals surface area (Å²) < 4.78 is 4.85. The van der Waals surface area contributed by atoms with Gasteiger partial charge >= 0.3 is 6.03 Å². The molecule has 0 fully saturated rings. The molecule has 1 aromatic rings. The molecule has 110 valence electrons. The van der Waals surface area contributed by atoms with E-state index in [9.17, 15) is 9.59 Å². The Morgan fingerprint density at radius 3 is 2.65 bits per heavy atom. The maximum absolute atomic E-state index is 11.7. The molecule has 1 aromatic carbocycles. The maximum atomic E-state index is 11.7. The van der Waals surface area contributed by atoms with Gasteiger partial charge in [-0.2, -0.15) is 0 Å². The third-order valence-electron chi connectivity index (χ3n) is 2.68. The van der Waals surface area contributed by atoms with E-state index in [0.29, 0.717) is 30.9 Å². The summed E-state index contributed by atoms with van der Waals surface area (Å²) in [6.45, 7) is 4.56. The fourth-order valence-corrected chi connectivity index (χ4v) is 1.52. The van der Waals surface area contributed by atoms with Gasteiger partial charge in [0.15, 0.2) is 0 Å². The van der Waals surface area contributed by atoms with Crippen LogP contribution in [0.3, 0.4) is 0 Å². The molecule has 0 radical (unpaired) electrons. The fraction of sp³-hybridized carbons (Fsp3) is 0.429. The average molecular weight is 279 g/mol. The maximum Gasteiger partial charge on any atom is 0.319 e. The Morgan fingerprint density at radius 1 is 1.25 bits per heavy atom. The number of rotatable bonds is 6. The van der Waals surface area contributed by atoms with Gasteiger partial charge in [-0.1, -0.05) is 13.0 Å². The second kappa shape index (κ2) is 8.16. The minimum atomic E-state index is -0.302. The zero-order valence-electron chi connectivity index (χ0n) is 12.1. The van der Waals surface area contributed by atoms with Gasteiger partial charge in [0.1, 0.15) is 0 Å². The Bertz CT molecular complexity index is 475. The second-order valence-electron chi connectivity index (χ2n) is 4.31. The van der Waals surface area contributed by atoms with Gasteiger partial charge in [0.2, 0.25) is 5.91 Å². The number of hydrogen-bond donors (Lipinski definition) is 3. The first-order valence-electron chi connectivity index (χ1n) is 6.51. The second-order valence-corrected chi connectivity index (χ2v) is 4.31. The number of methoxy groups -OCH3 is 1. The molecule has 20 heavy (non-hydrogen) atoms. The van der Waals surface area contributed by atoms with Crippen LogP contribution in [0.2, 0.25) is 0 Å². The van der Waals surface area contributed by atoms with Crippen molar-refractivity contribution in [1.82, 2.24) is 5.32 Å². The van der Waals surface area contributed by atoms with Crippen LogP contribution >= 0.6 is 0 Å². The van der Waals surface area contributed by atoms with Crippen molar-refractivity contribution in [3.8, 4) is 0 Å². The van der Waals surface area contributed by atoms with Crippen molar-refractivity contribution in [2.75, 3.05) is 30.9 Å². The third kappa shape index (κ3) is 5.27. The smallest absolute Gasteiger partial charge is 0.319 e. The van der Waals surface area contributed by atoms with Crippen LogP contribution in [0, 0.1) is 6.92 Å². The van der Waals surface area contributed by atoms with Crippen molar-refractivity contribution in [3.63, 3.8) is 0 Å². The van der Waals surface area contributed by atoms with Crippen LogP contribution in [0.1, 0.15) is 18.9 Å². The zero-order valence-corrected chi connectivity index (χ0v) is 12.1. The van der Waals surface area contributed by atoms with E-state index in [1.807, 2.05) is 13.0 Å². The Hall–Kier alpha value is -2.08. The van der Waals surface area contributed by atoms with E-state index in [1.54, 1.807) is 26.2 Å². The van der Waals surface area contributed by atoms with Crippen LogP contribution in [0.4, 0.5) is 16.2 Å². The summed E-state index contributed by atoms with van der Waals surface area (Å²) in [6, 6.07) is 5.08. The van der Waals surface area contributed by atoms with E-state index in [-0.39, 0.29) is 11.9 Å². The number of carbonyl (C=O) groups excluding carboxylic acids is 2. The lowest BCUT2D eigenvalue weighted by Crippen LogP contribution is -2.31. The van der Waals surface area contributed by atoms with Gasteiger partial charge in [-0.15, -0.1) is 0 Å². The first-order chi connectivity index (χ1) is 9.56. The number of amides is 3. The molecule has 0 unspecified atom stereocenters. The molecule has 6 heteroatoms. The van der Waals surface area contributed by atoms with Gasteiger partial charge in [0.25, 0.3) is 0 Å². The number of benzene rings is 1. The quantitative estimate of drug-likeness (QED) is 0.698. The van der Waals surface area contributed by atoms with Crippen LogP contribution in [0.25, 0.3) is 0 Å². The molecule has 0 heterocycles. The van der Waals surface area contributed by atoms with Crippen LogP contribution in [-0.2, 0) is 9.53 Å². The molecule has 0 saturated carbocycles.